The Morgan fingerprint density at radius 3 is 2.40 bits per heavy atom. The maximum Gasteiger partial charge on any atom is 0.0940 e. The van der Waals surface area contributed by atoms with Gasteiger partial charge in [0.1, 0.15) is 0 Å². The number of rotatable bonds is 1. The maximum atomic E-state index is 10.5. The first-order valence-electron chi connectivity index (χ1n) is 5.50. The molecule has 0 atom stereocenters. The fraction of sp³-hybridized carbons (Fsp3) is 0.538. The molecule has 0 spiro atoms. The molecule has 1 heterocycles. The molecule has 15 heavy (non-hydrogen) atoms. The summed E-state index contributed by atoms with van der Waals surface area (Å²) in [5, 5.41) is 10.5. The molecule has 0 unspecified atom stereocenters. The second-order valence-corrected chi connectivity index (χ2v) is 4.44. The Hall–Kier alpha value is -0.860. The van der Waals surface area contributed by atoms with E-state index in [1.54, 1.807) is 0 Å². The van der Waals surface area contributed by atoms with Crippen LogP contribution in [0.25, 0.3) is 0 Å². The van der Waals surface area contributed by atoms with Gasteiger partial charge >= 0.3 is 0 Å². The van der Waals surface area contributed by atoms with Gasteiger partial charge in [0.2, 0.25) is 0 Å². The highest BCUT2D eigenvalue weighted by molar-refractivity contribution is 5.33. The highest BCUT2D eigenvalue weighted by Gasteiger charge is 2.31. The summed E-state index contributed by atoms with van der Waals surface area (Å²) in [6.45, 7) is 5.49. The molecule has 0 bridgehead atoms. The molecule has 0 amide bonds. The van der Waals surface area contributed by atoms with Gasteiger partial charge in [0.25, 0.3) is 0 Å². The summed E-state index contributed by atoms with van der Waals surface area (Å²) in [5.74, 6) is 0. The molecule has 1 saturated heterocycles. The second kappa shape index (κ2) is 3.95. The van der Waals surface area contributed by atoms with Crippen LogP contribution in [0.3, 0.4) is 0 Å². The first-order valence-corrected chi connectivity index (χ1v) is 5.50. The molecule has 0 aliphatic carbocycles. The molecule has 82 valence electrons. The largest absolute Gasteiger partial charge is 0.385 e. The SMILES string of the molecule is Cc1ccc(C2(O)CCOCC2)cc1C. The van der Waals surface area contributed by atoms with Crippen LogP contribution in [0.2, 0.25) is 0 Å². The molecule has 1 aliphatic rings. The van der Waals surface area contributed by atoms with Gasteiger partial charge < -0.3 is 9.84 Å². The van der Waals surface area contributed by atoms with Gasteiger partial charge in [-0.15, -0.1) is 0 Å². The van der Waals surface area contributed by atoms with Gasteiger partial charge in [-0.05, 0) is 30.5 Å². The van der Waals surface area contributed by atoms with Crippen LogP contribution in [0, 0.1) is 13.8 Å². The number of hydrogen-bond acceptors (Lipinski definition) is 2. The zero-order valence-corrected chi connectivity index (χ0v) is 9.42. The number of benzene rings is 1. The van der Waals surface area contributed by atoms with Crippen molar-refractivity contribution in [3.8, 4) is 0 Å². The summed E-state index contributed by atoms with van der Waals surface area (Å²) in [6.07, 6.45) is 1.41. The van der Waals surface area contributed by atoms with E-state index in [2.05, 4.69) is 26.0 Å². The topological polar surface area (TPSA) is 29.5 Å². The smallest absolute Gasteiger partial charge is 0.0940 e. The average molecular weight is 206 g/mol. The monoisotopic (exact) mass is 206 g/mol. The highest BCUT2D eigenvalue weighted by atomic mass is 16.5. The lowest BCUT2D eigenvalue weighted by molar-refractivity contribution is -0.0679. The Balaban J connectivity index is 2.31. The summed E-state index contributed by atoms with van der Waals surface area (Å²) in [5.41, 5.74) is 2.88. The molecule has 1 aliphatic heterocycles. The van der Waals surface area contributed by atoms with Crippen molar-refractivity contribution in [2.24, 2.45) is 0 Å². The average Bonchev–Trinajstić information content (AvgIpc) is 2.23. The van der Waals surface area contributed by atoms with E-state index in [-0.39, 0.29) is 0 Å². The lowest BCUT2D eigenvalue weighted by atomic mass is 9.85. The van der Waals surface area contributed by atoms with Gasteiger partial charge in [-0.2, -0.15) is 0 Å². The Labute approximate surface area is 90.9 Å². The minimum absolute atomic E-state index is 0.656. The van der Waals surface area contributed by atoms with E-state index in [1.807, 2.05) is 6.07 Å². The molecule has 2 nitrogen and oxygen atoms in total. The van der Waals surface area contributed by atoms with Crippen molar-refractivity contribution >= 4 is 0 Å². The standard InChI is InChI=1S/C13H18O2/c1-10-3-4-12(9-11(10)2)13(14)5-7-15-8-6-13/h3-4,9,14H,5-8H2,1-2H3. The number of ether oxygens (including phenoxy) is 1. The van der Waals surface area contributed by atoms with E-state index in [1.165, 1.54) is 11.1 Å². The first kappa shape index (κ1) is 10.7. The Morgan fingerprint density at radius 2 is 1.80 bits per heavy atom. The van der Waals surface area contributed by atoms with Gasteiger partial charge in [-0.25, -0.2) is 0 Å². The third kappa shape index (κ3) is 2.06. The van der Waals surface area contributed by atoms with Crippen molar-refractivity contribution < 1.29 is 9.84 Å². The molecular formula is C13H18O2. The summed E-state index contributed by atoms with van der Waals surface area (Å²) in [7, 11) is 0. The van der Waals surface area contributed by atoms with Crippen LogP contribution in [-0.2, 0) is 10.3 Å². The van der Waals surface area contributed by atoms with Gasteiger partial charge in [0, 0.05) is 26.1 Å². The van der Waals surface area contributed by atoms with Gasteiger partial charge in [-0.1, -0.05) is 18.2 Å². The van der Waals surface area contributed by atoms with Crippen molar-refractivity contribution in [1.82, 2.24) is 0 Å². The molecule has 0 aromatic heterocycles. The third-order valence-corrected chi connectivity index (χ3v) is 3.36. The number of aryl methyl sites for hydroxylation is 2. The molecular weight excluding hydrogens is 188 g/mol. The third-order valence-electron chi connectivity index (χ3n) is 3.36. The first-order chi connectivity index (χ1) is 7.12. The molecule has 1 fully saturated rings. The minimum atomic E-state index is -0.670. The van der Waals surface area contributed by atoms with E-state index < -0.39 is 5.60 Å². The van der Waals surface area contributed by atoms with E-state index in [9.17, 15) is 5.11 Å². The molecule has 2 heteroatoms. The van der Waals surface area contributed by atoms with Crippen molar-refractivity contribution in [2.45, 2.75) is 32.3 Å². The van der Waals surface area contributed by atoms with Crippen LogP contribution >= 0.6 is 0 Å². The molecule has 0 saturated carbocycles. The summed E-state index contributed by atoms with van der Waals surface area (Å²) in [6, 6.07) is 6.21. The lowest BCUT2D eigenvalue weighted by Crippen LogP contribution is -2.33. The van der Waals surface area contributed by atoms with Crippen molar-refractivity contribution in [1.29, 1.82) is 0 Å². The van der Waals surface area contributed by atoms with Gasteiger partial charge in [-0.3, -0.25) is 0 Å². The maximum absolute atomic E-state index is 10.5. The van der Waals surface area contributed by atoms with E-state index in [0.29, 0.717) is 26.1 Å². The fourth-order valence-corrected chi connectivity index (χ4v) is 2.03. The summed E-state index contributed by atoms with van der Waals surface area (Å²) < 4.78 is 5.28. The molecule has 1 aromatic rings. The second-order valence-electron chi connectivity index (χ2n) is 4.44. The molecule has 2 rings (SSSR count). The number of aliphatic hydroxyl groups is 1. The van der Waals surface area contributed by atoms with Crippen molar-refractivity contribution in [2.75, 3.05) is 13.2 Å². The van der Waals surface area contributed by atoms with E-state index in [4.69, 9.17) is 4.74 Å². The van der Waals surface area contributed by atoms with Crippen molar-refractivity contribution in [3.05, 3.63) is 34.9 Å². The highest BCUT2D eigenvalue weighted by Crippen LogP contribution is 2.32. The number of hydrogen-bond donors (Lipinski definition) is 1. The normalized spacial score (nSPS) is 20.2. The summed E-state index contributed by atoms with van der Waals surface area (Å²) >= 11 is 0. The van der Waals surface area contributed by atoms with Crippen LogP contribution in [0.1, 0.15) is 29.5 Å². The zero-order valence-electron chi connectivity index (χ0n) is 9.42. The minimum Gasteiger partial charge on any atom is -0.385 e. The van der Waals surface area contributed by atoms with Crippen LogP contribution < -0.4 is 0 Å². The van der Waals surface area contributed by atoms with Gasteiger partial charge in [0.15, 0.2) is 0 Å². The molecule has 1 N–H and O–H groups in total. The van der Waals surface area contributed by atoms with Crippen LogP contribution in [0.4, 0.5) is 0 Å². The van der Waals surface area contributed by atoms with E-state index in [0.717, 1.165) is 5.56 Å². The fourth-order valence-electron chi connectivity index (χ4n) is 2.03. The quantitative estimate of drug-likeness (QED) is 0.764. The van der Waals surface area contributed by atoms with Crippen molar-refractivity contribution in [3.63, 3.8) is 0 Å². The van der Waals surface area contributed by atoms with Gasteiger partial charge in [0.05, 0.1) is 5.60 Å². The van der Waals surface area contributed by atoms with E-state index >= 15 is 0 Å². The van der Waals surface area contributed by atoms with Crippen LogP contribution in [0.15, 0.2) is 18.2 Å². The predicted octanol–water partition coefficient (Wildman–Crippen LogP) is 2.30. The van der Waals surface area contributed by atoms with Crippen LogP contribution in [-0.4, -0.2) is 18.3 Å². The lowest BCUT2D eigenvalue weighted by Gasteiger charge is -2.32. The molecule has 0 radical (unpaired) electrons. The Bertz CT molecular complexity index is 352. The summed E-state index contributed by atoms with van der Waals surface area (Å²) in [4.78, 5) is 0. The van der Waals surface area contributed by atoms with Crippen LogP contribution in [0.5, 0.6) is 0 Å². The zero-order chi connectivity index (χ0) is 10.9. The Kier molecular flexibility index (Phi) is 2.81. The molecule has 1 aromatic carbocycles. The predicted molar refractivity (Wildman–Crippen MR) is 59.9 cm³/mol. The Morgan fingerprint density at radius 1 is 1.13 bits per heavy atom.